The molecule has 65 heavy (non-hydrogen) atoms. The van der Waals surface area contributed by atoms with Gasteiger partial charge in [-0.3, -0.25) is 0 Å². The first-order chi connectivity index (χ1) is 31.7. The summed E-state index contributed by atoms with van der Waals surface area (Å²) in [6, 6.07) is 50.0. The third-order valence-corrected chi connectivity index (χ3v) is 12.0. The van der Waals surface area contributed by atoms with Crippen LogP contribution in [-0.2, 0) is 5.41 Å². The van der Waals surface area contributed by atoms with Crippen molar-refractivity contribution in [3.63, 3.8) is 0 Å². The second-order valence-corrected chi connectivity index (χ2v) is 16.7. The molecule has 0 saturated heterocycles. The Kier molecular flexibility index (Phi) is 16.9. The summed E-state index contributed by atoms with van der Waals surface area (Å²) in [5.74, 6) is 2.89. The number of nitrogens with zero attached hydrogens (tertiary/aromatic N) is 1. The van der Waals surface area contributed by atoms with Crippen molar-refractivity contribution in [3.8, 4) is 34.6 Å². The number of terminal acetylenes is 1. The van der Waals surface area contributed by atoms with E-state index in [1.54, 1.807) is 0 Å². The van der Waals surface area contributed by atoms with E-state index in [4.69, 9.17) is 6.42 Å². The lowest BCUT2D eigenvalue weighted by Crippen LogP contribution is -2.21. The lowest BCUT2D eigenvalue weighted by atomic mass is 9.81. The van der Waals surface area contributed by atoms with Crippen molar-refractivity contribution in [2.45, 2.75) is 59.8 Å². The lowest BCUT2D eigenvalue weighted by Gasteiger charge is -2.23. The number of para-hydroxylation sites is 1. The first-order valence-electron chi connectivity index (χ1n) is 22.8. The van der Waals surface area contributed by atoms with Crippen molar-refractivity contribution in [2.24, 2.45) is 0 Å². The molecule has 0 N–H and O–H groups in total. The van der Waals surface area contributed by atoms with Crippen molar-refractivity contribution in [2.75, 3.05) is 11.4 Å². The first kappa shape index (κ1) is 47.1. The molecule has 0 radical (unpaired) electrons. The fourth-order valence-electron chi connectivity index (χ4n) is 8.12. The molecule has 0 unspecified atom stereocenters. The Hall–Kier alpha value is -7.40. The van der Waals surface area contributed by atoms with Crippen LogP contribution in [-0.4, -0.2) is 6.54 Å². The average Bonchev–Trinajstić information content (AvgIpc) is 3.53. The van der Waals surface area contributed by atoms with E-state index >= 15 is 0 Å². The molecule has 0 amide bonds. The third-order valence-electron chi connectivity index (χ3n) is 12.0. The van der Waals surface area contributed by atoms with E-state index in [2.05, 4.69) is 215 Å². The van der Waals surface area contributed by atoms with Gasteiger partial charge in [-0.2, -0.15) is 0 Å². The Bertz CT molecular complexity index is 2840. The molecule has 0 aliphatic heterocycles. The highest BCUT2D eigenvalue weighted by molar-refractivity contribution is 5.94. The van der Waals surface area contributed by atoms with Gasteiger partial charge in [0.2, 0.25) is 0 Å². The van der Waals surface area contributed by atoms with Crippen LogP contribution >= 0.6 is 0 Å². The van der Waals surface area contributed by atoms with Gasteiger partial charge < -0.3 is 4.90 Å². The summed E-state index contributed by atoms with van der Waals surface area (Å²) in [5.41, 5.74) is 15.5. The lowest BCUT2D eigenvalue weighted by molar-refractivity contribution is 0.639. The molecule has 1 nitrogen and oxygen atoms in total. The molecule has 0 saturated carbocycles. The van der Waals surface area contributed by atoms with Crippen molar-refractivity contribution in [3.05, 3.63) is 252 Å². The predicted molar refractivity (Wildman–Crippen MR) is 288 cm³/mol. The molecule has 1 aliphatic rings. The molecule has 0 heterocycles. The Morgan fingerprint density at radius 2 is 1.31 bits per heavy atom. The number of rotatable bonds is 15. The molecular weight excluding hydrogens is 783 g/mol. The predicted octanol–water partition coefficient (Wildman–Crippen LogP) is 17.6. The van der Waals surface area contributed by atoms with Crippen LogP contribution in [0.25, 0.3) is 50.8 Å². The number of anilines is 1. The van der Waals surface area contributed by atoms with Crippen molar-refractivity contribution in [1.82, 2.24) is 0 Å². The van der Waals surface area contributed by atoms with Gasteiger partial charge in [0.25, 0.3) is 0 Å². The Morgan fingerprint density at radius 1 is 0.662 bits per heavy atom. The first-order valence-corrected chi connectivity index (χ1v) is 22.8. The van der Waals surface area contributed by atoms with Gasteiger partial charge in [-0.25, -0.2) is 0 Å². The minimum atomic E-state index is -0.0949. The molecular formula is C64H63N. The molecule has 0 bridgehead atoms. The number of allylic oxidation sites excluding steroid dienone is 14. The van der Waals surface area contributed by atoms with Gasteiger partial charge in [-0.05, 0) is 125 Å². The van der Waals surface area contributed by atoms with Crippen LogP contribution in [0.4, 0.5) is 5.69 Å². The number of fused-ring (bicyclic) bond motifs is 2. The number of hydrogen-bond acceptors (Lipinski definition) is 1. The summed E-state index contributed by atoms with van der Waals surface area (Å²) in [6.45, 7) is 17.6. The van der Waals surface area contributed by atoms with Crippen molar-refractivity contribution >= 4 is 34.2 Å². The Labute approximate surface area is 390 Å². The highest BCUT2D eigenvalue weighted by atomic mass is 15.1. The third kappa shape index (κ3) is 12.2. The van der Waals surface area contributed by atoms with Gasteiger partial charge in [-0.1, -0.05) is 233 Å². The topological polar surface area (TPSA) is 3.24 Å². The normalized spacial score (nSPS) is 13.7. The minimum Gasteiger partial charge on any atom is -0.331 e. The minimum absolute atomic E-state index is 0.0949. The van der Waals surface area contributed by atoms with Crippen LogP contribution in [0.3, 0.4) is 0 Å². The number of benzene rings is 6. The van der Waals surface area contributed by atoms with Crippen LogP contribution in [0, 0.1) is 12.3 Å². The van der Waals surface area contributed by atoms with E-state index in [9.17, 15) is 0 Å². The Balaban J connectivity index is 0.000000512. The summed E-state index contributed by atoms with van der Waals surface area (Å²) in [7, 11) is 0. The zero-order chi connectivity index (χ0) is 46.0. The van der Waals surface area contributed by atoms with Crippen LogP contribution in [0.5, 0.6) is 0 Å². The molecule has 0 aromatic heterocycles. The van der Waals surface area contributed by atoms with Gasteiger partial charge in [0.05, 0.1) is 5.70 Å². The van der Waals surface area contributed by atoms with Gasteiger partial charge in [0.15, 0.2) is 0 Å². The van der Waals surface area contributed by atoms with E-state index in [0.29, 0.717) is 6.54 Å². The monoisotopic (exact) mass is 845 g/mol. The molecule has 1 heteroatoms. The van der Waals surface area contributed by atoms with E-state index in [0.717, 1.165) is 29.8 Å². The summed E-state index contributed by atoms with van der Waals surface area (Å²) < 4.78 is 0. The maximum absolute atomic E-state index is 6.00. The summed E-state index contributed by atoms with van der Waals surface area (Å²) in [5, 5.41) is 2.48. The largest absolute Gasteiger partial charge is 0.331 e. The van der Waals surface area contributed by atoms with Crippen molar-refractivity contribution < 1.29 is 0 Å². The quantitative estimate of drug-likeness (QED) is 0.0565. The van der Waals surface area contributed by atoms with E-state index in [1.165, 1.54) is 66.4 Å². The average molecular weight is 846 g/mol. The van der Waals surface area contributed by atoms with Crippen LogP contribution in [0.15, 0.2) is 230 Å². The molecule has 6 aromatic rings. The molecule has 0 atom stereocenters. The SMILES string of the molecule is C#C/C(=C\C=C/C)N(C/C=C\C1=C(C)C(C)(C)c2cc(/C=C/c3cc4ccccc4cc3-c3ccc(-c4ccccc4)cc3)ccc21)c1ccccc1.C=C(/C=C\C)C/C=C\C=C/CC. The van der Waals surface area contributed by atoms with Crippen LogP contribution in [0.1, 0.15) is 76.6 Å². The van der Waals surface area contributed by atoms with E-state index in [-0.39, 0.29) is 5.41 Å². The highest BCUT2D eigenvalue weighted by Gasteiger charge is 2.34. The van der Waals surface area contributed by atoms with Gasteiger partial charge in [-0.15, -0.1) is 6.42 Å². The van der Waals surface area contributed by atoms with E-state index in [1.807, 2.05) is 62.4 Å². The molecule has 1 aliphatic carbocycles. The maximum atomic E-state index is 6.00. The molecule has 6 aromatic carbocycles. The van der Waals surface area contributed by atoms with Crippen molar-refractivity contribution in [1.29, 1.82) is 0 Å². The fourth-order valence-corrected chi connectivity index (χ4v) is 8.12. The fraction of sp³-hybridized carbons (Fsp3) is 0.156. The molecule has 324 valence electrons. The smallest absolute Gasteiger partial charge is 0.0923 e. The highest BCUT2D eigenvalue weighted by Crippen LogP contribution is 2.47. The second kappa shape index (κ2) is 23.3. The zero-order valence-corrected chi connectivity index (χ0v) is 39.1. The standard InChI is InChI=1S/C52H45N.C12H18/c1-6-8-22-46(7-2)53(47-23-13-10-14-24-47)34-17-25-48-38(3)52(4,5)51-35-39(27-33-49(48)51)26-28-45-36-43-20-15-16-21-44(43)37-50(45)42-31-29-41(30-32-42)40-18-11-9-12-19-40;1-4-6-7-8-9-11-12(3)10-5-2/h2,6,8-33,35-37H,34H2,1,3-5H3;5-10H,3-4,11H2,1-2H3/b8-6-,25-17-,28-26+,46-22+;7-6-,9-8-,10-5-. The summed E-state index contributed by atoms with van der Waals surface area (Å²) in [4.78, 5) is 2.18. The second-order valence-electron chi connectivity index (χ2n) is 16.7. The van der Waals surface area contributed by atoms with E-state index < -0.39 is 0 Å². The van der Waals surface area contributed by atoms with Gasteiger partial charge in [0, 0.05) is 17.6 Å². The molecule has 7 rings (SSSR count). The maximum Gasteiger partial charge on any atom is 0.0923 e. The summed E-state index contributed by atoms with van der Waals surface area (Å²) >= 11 is 0. The van der Waals surface area contributed by atoms with Gasteiger partial charge in [0.1, 0.15) is 0 Å². The van der Waals surface area contributed by atoms with Crippen LogP contribution < -0.4 is 4.90 Å². The van der Waals surface area contributed by atoms with Crippen LogP contribution in [0.2, 0.25) is 0 Å². The summed E-state index contributed by atoms with van der Waals surface area (Å²) in [6.07, 6.45) is 35.5. The zero-order valence-electron chi connectivity index (χ0n) is 39.1. The number of hydrogen-bond donors (Lipinski definition) is 0. The Morgan fingerprint density at radius 3 is 1.98 bits per heavy atom. The molecule has 0 fully saturated rings. The van der Waals surface area contributed by atoms with Gasteiger partial charge >= 0.3 is 0 Å². The molecule has 0 spiro atoms.